The monoisotopic (exact) mass is 330 g/mol. The van der Waals surface area contributed by atoms with Gasteiger partial charge in [-0.1, -0.05) is 34.5 Å². The van der Waals surface area contributed by atoms with Crippen molar-refractivity contribution in [2.75, 3.05) is 5.32 Å². The van der Waals surface area contributed by atoms with E-state index in [1.807, 2.05) is 0 Å². The van der Waals surface area contributed by atoms with Crippen LogP contribution >= 0.6 is 34.5 Å². The average Bonchev–Trinajstić information content (AvgIpc) is 2.71. The van der Waals surface area contributed by atoms with Crippen LogP contribution in [0.25, 0.3) is 0 Å². The zero-order chi connectivity index (χ0) is 14.9. The smallest absolute Gasteiger partial charge is 0.356 e. The number of ketones is 1. The molecule has 5 nitrogen and oxygen atoms in total. The van der Waals surface area contributed by atoms with Crippen molar-refractivity contribution in [2.45, 2.75) is 6.92 Å². The van der Waals surface area contributed by atoms with Gasteiger partial charge in [-0.2, -0.15) is 0 Å². The average molecular weight is 331 g/mol. The summed E-state index contributed by atoms with van der Waals surface area (Å²) in [5.74, 6) is -1.60. The van der Waals surface area contributed by atoms with Crippen LogP contribution in [0.4, 0.5) is 10.8 Å². The van der Waals surface area contributed by atoms with Crippen molar-refractivity contribution in [1.29, 1.82) is 0 Å². The largest absolute Gasteiger partial charge is 0.476 e. The van der Waals surface area contributed by atoms with Crippen LogP contribution in [0.5, 0.6) is 0 Å². The Bertz CT molecular complexity index is 648. The number of thiazole rings is 1. The number of carbonyl (C=O) groups is 2. The van der Waals surface area contributed by atoms with Crippen molar-refractivity contribution in [2.24, 2.45) is 0 Å². The van der Waals surface area contributed by atoms with Crippen LogP contribution in [0.15, 0.2) is 18.2 Å². The van der Waals surface area contributed by atoms with Gasteiger partial charge in [0.25, 0.3) is 0 Å². The van der Waals surface area contributed by atoms with Crippen molar-refractivity contribution >= 4 is 57.1 Å². The van der Waals surface area contributed by atoms with Gasteiger partial charge in [-0.25, -0.2) is 9.78 Å². The quantitative estimate of drug-likeness (QED) is 0.825. The van der Waals surface area contributed by atoms with Crippen LogP contribution in [-0.2, 0) is 0 Å². The number of aromatic carboxylic acids is 1. The van der Waals surface area contributed by atoms with E-state index in [9.17, 15) is 9.59 Å². The highest BCUT2D eigenvalue weighted by Crippen LogP contribution is 2.29. The summed E-state index contributed by atoms with van der Waals surface area (Å²) < 4.78 is 0. The minimum absolute atomic E-state index is 0.0909. The van der Waals surface area contributed by atoms with Gasteiger partial charge in [-0.05, 0) is 18.2 Å². The van der Waals surface area contributed by atoms with Crippen molar-refractivity contribution in [1.82, 2.24) is 4.98 Å². The molecule has 0 saturated carbocycles. The van der Waals surface area contributed by atoms with E-state index in [1.165, 1.54) is 6.92 Å². The summed E-state index contributed by atoms with van der Waals surface area (Å²) in [6.45, 7) is 1.29. The first-order valence-electron chi connectivity index (χ1n) is 5.35. The van der Waals surface area contributed by atoms with Gasteiger partial charge in [-0.15, -0.1) is 0 Å². The fourth-order valence-electron chi connectivity index (χ4n) is 1.51. The first-order chi connectivity index (χ1) is 9.36. The molecule has 2 aromatic rings. The Morgan fingerprint density at radius 3 is 2.30 bits per heavy atom. The van der Waals surface area contributed by atoms with Gasteiger partial charge < -0.3 is 10.4 Å². The Labute approximate surface area is 128 Å². The van der Waals surface area contributed by atoms with E-state index in [-0.39, 0.29) is 21.5 Å². The number of nitrogens with zero attached hydrogens (tertiary/aromatic N) is 1. The Morgan fingerprint density at radius 2 is 1.85 bits per heavy atom. The van der Waals surface area contributed by atoms with E-state index in [1.54, 1.807) is 18.2 Å². The number of carboxylic acids is 1. The summed E-state index contributed by atoms with van der Waals surface area (Å²) in [7, 11) is 0. The first kappa shape index (κ1) is 14.8. The topological polar surface area (TPSA) is 79.3 Å². The molecule has 1 aromatic carbocycles. The summed E-state index contributed by atoms with van der Waals surface area (Å²) in [4.78, 5) is 26.4. The highest BCUT2D eigenvalue weighted by Gasteiger charge is 2.20. The third kappa shape index (κ3) is 3.27. The van der Waals surface area contributed by atoms with Gasteiger partial charge >= 0.3 is 5.97 Å². The van der Waals surface area contributed by atoms with E-state index in [2.05, 4.69) is 10.3 Å². The molecule has 0 aliphatic rings. The fourth-order valence-corrected chi connectivity index (χ4v) is 2.91. The van der Waals surface area contributed by atoms with Crippen LogP contribution in [0.1, 0.15) is 27.1 Å². The number of hydrogen-bond acceptors (Lipinski definition) is 5. The molecule has 2 rings (SSSR count). The summed E-state index contributed by atoms with van der Waals surface area (Å²) in [6.07, 6.45) is 0. The molecule has 0 aliphatic heterocycles. The van der Waals surface area contributed by atoms with E-state index >= 15 is 0 Å². The van der Waals surface area contributed by atoms with Gasteiger partial charge in [0.1, 0.15) is 4.88 Å². The number of carboxylic acid groups (broad SMARTS) is 1. The summed E-state index contributed by atoms with van der Waals surface area (Å²) in [5.41, 5.74) is 0.293. The lowest BCUT2D eigenvalue weighted by Gasteiger charge is -2.03. The third-order valence-corrected chi connectivity index (χ3v) is 3.77. The summed E-state index contributed by atoms with van der Waals surface area (Å²) in [6, 6.07) is 4.80. The molecule has 104 valence electrons. The molecule has 0 fully saturated rings. The summed E-state index contributed by atoms with van der Waals surface area (Å²) in [5, 5.41) is 13.0. The number of halogens is 2. The van der Waals surface area contributed by atoms with Gasteiger partial charge in [0.2, 0.25) is 0 Å². The molecular formula is C12H8Cl2N2O3S. The van der Waals surface area contributed by atoms with Crippen molar-refractivity contribution in [3.8, 4) is 0 Å². The molecule has 2 N–H and O–H groups in total. The second kappa shape index (κ2) is 5.78. The number of rotatable bonds is 4. The van der Waals surface area contributed by atoms with Gasteiger partial charge in [-0.3, -0.25) is 4.79 Å². The van der Waals surface area contributed by atoms with Crippen molar-refractivity contribution < 1.29 is 14.7 Å². The third-order valence-electron chi connectivity index (χ3n) is 2.26. The molecular weight excluding hydrogens is 323 g/mol. The predicted octanol–water partition coefficient (Wildman–Crippen LogP) is 4.09. The van der Waals surface area contributed by atoms with E-state index < -0.39 is 5.97 Å². The van der Waals surface area contributed by atoms with Gasteiger partial charge in [0.15, 0.2) is 16.6 Å². The zero-order valence-corrected chi connectivity index (χ0v) is 12.4. The maximum Gasteiger partial charge on any atom is 0.356 e. The van der Waals surface area contributed by atoms with E-state index in [0.29, 0.717) is 15.7 Å². The lowest BCUT2D eigenvalue weighted by molar-refractivity contribution is 0.0687. The molecule has 0 spiro atoms. The number of hydrogen-bond donors (Lipinski definition) is 2. The molecule has 20 heavy (non-hydrogen) atoms. The SMILES string of the molecule is CC(=O)c1sc(Nc2cc(Cl)cc(Cl)c2)nc1C(=O)O. The highest BCUT2D eigenvalue weighted by atomic mass is 35.5. The Balaban J connectivity index is 2.36. The number of anilines is 2. The summed E-state index contributed by atoms with van der Waals surface area (Å²) >= 11 is 12.7. The molecule has 0 radical (unpaired) electrons. The molecule has 0 unspecified atom stereocenters. The minimum Gasteiger partial charge on any atom is -0.476 e. The van der Waals surface area contributed by atoms with Crippen LogP contribution < -0.4 is 5.32 Å². The molecule has 8 heteroatoms. The van der Waals surface area contributed by atoms with Gasteiger partial charge in [0.05, 0.1) is 0 Å². The molecule has 0 bridgehead atoms. The van der Waals surface area contributed by atoms with E-state index in [0.717, 1.165) is 11.3 Å². The van der Waals surface area contributed by atoms with Gasteiger partial charge in [0, 0.05) is 22.7 Å². The van der Waals surface area contributed by atoms with Crippen LogP contribution in [0.3, 0.4) is 0 Å². The second-order valence-electron chi connectivity index (χ2n) is 3.84. The number of carbonyl (C=O) groups excluding carboxylic acids is 1. The minimum atomic E-state index is -1.25. The lowest BCUT2D eigenvalue weighted by Crippen LogP contribution is -2.03. The fraction of sp³-hybridized carbons (Fsp3) is 0.0833. The normalized spacial score (nSPS) is 10.3. The predicted molar refractivity (Wildman–Crippen MR) is 78.8 cm³/mol. The van der Waals surface area contributed by atoms with Crippen LogP contribution in [0, 0.1) is 0 Å². The Hall–Kier alpha value is -1.63. The molecule has 0 atom stereocenters. The molecule has 0 aliphatic carbocycles. The number of benzene rings is 1. The second-order valence-corrected chi connectivity index (χ2v) is 5.71. The Morgan fingerprint density at radius 1 is 1.25 bits per heavy atom. The lowest BCUT2D eigenvalue weighted by atomic mass is 10.3. The highest BCUT2D eigenvalue weighted by molar-refractivity contribution is 7.17. The zero-order valence-electron chi connectivity index (χ0n) is 10.1. The van der Waals surface area contributed by atoms with Crippen molar-refractivity contribution in [3.05, 3.63) is 38.8 Å². The number of Topliss-reactive ketones (excluding diaryl/α,β-unsaturated/α-hetero) is 1. The molecule has 1 aromatic heterocycles. The molecule has 0 saturated heterocycles. The Kier molecular flexibility index (Phi) is 4.27. The maximum atomic E-state index is 11.4. The molecule has 0 amide bonds. The standard InChI is InChI=1S/C12H8Cl2N2O3S/c1-5(17)10-9(11(18)19)16-12(20-10)15-8-3-6(13)2-7(14)4-8/h2-4H,1H3,(H,15,16)(H,18,19). The van der Waals surface area contributed by atoms with Crippen LogP contribution in [0.2, 0.25) is 10.0 Å². The molecule has 1 heterocycles. The van der Waals surface area contributed by atoms with E-state index in [4.69, 9.17) is 28.3 Å². The number of nitrogens with one attached hydrogen (secondary N) is 1. The van der Waals surface area contributed by atoms with Crippen molar-refractivity contribution in [3.63, 3.8) is 0 Å². The number of aromatic nitrogens is 1. The van der Waals surface area contributed by atoms with Crippen LogP contribution in [-0.4, -0.2) is 21.8 Å². The maximum absolute atomic E-state index is 11.4. The first-order valence-corrected chi connectivity index (χ1v) is 6.92.